The zero-order valence-corrected chi connectivity index (χ0v) is 13.7. The van der Waals surface area contributed by atoms with Crippen molar-refractivity contribution in [3.63, 3.8) is 0 Å². The first-order valence-electron chi connectivity index (χ1n) is 7.95. The molecule has 1 aromatic carbocycles. The van der Waals surface area contributed by atoms with E-state index in [-0.39, 0.29) is 23.7 Å². The van der Waals surface area contributed by atoms with E-state index in [1.165, 1.54) is 0 Å². The van der Waals surface area contributed by atoms with Gasteiger partial charge >= 0.3 is 0 Å². The van der Waals surface area contributed by atoms with Crippen LogP contribution in [0.5, 0.6) is 0 Å². The number of aromatic amines is 1. The van der Waals surface area contributed by atoms with Crippen molar-refractivity contribution in [2.24, 2.45) is 5.92 Å². The highest BCUT2D eigenvalue weighted by atomic mass is 16.2. The van der Waals surface area contributed by atoms with Crippen LogP contribution in [0.4, 0.5) is 5.95 Å². The lowest BCUT2D eigenvalue weighted by Gasteiger charge is -2.36. The molecule has 1 atom stereocenters. The third kappa shape index (κ3) is 3.42. The van der Waals surface area contributed by atoms with Crippen LogP contribution in [-0.4, -0.2) is 43.4 Å². The fraction of sp³-hybridized carbons (Fsp3) is 0.438. The van der Waals surface area contributed by atoms with E-state index in [1.54, 1.807) is 4.90 Å². The van der Waals surface area contributed by atoms with E-state index in [9.17, 15) is 9.59 Å². The second-order valence-electron chi connectivity index (χ2n) is 6.33. The highest BCUT2D eigenvalue weighted by Crippen LogP contribution is 2.25. The average molecular weight is 328 g/mol. The molecule has 0 unspecified atom stereocenters. The van der Waals surface area contributed by atoms with Crippen molar-refractivity contribution in [1.82, 2.24) is 25.5 Å². The van der Waals surface area contributed by atoms with E-state index < -0.39 is 6.04 Å². The molecular weight excluding hydrogens is 308 g/mol. The van der Waals surface area contributed by atoms with E-state index >= 15 is 0 Å². The number of fused-ring (bicyclic) bond motifs is 1. The van der Waals surface area contributed by atoms with Gasteiger partial charge in [-0.05, 0) is 22.3 Å². The number of hydrogen-bond donors (Lipinski definition) is 2. The van der Waals surface area contributed by atoms with Crippen LogP contribution < -0.4 is 5.32 Å². The Bertz CT molecular complexity index is 728. The normalized spacial score (nSPS) is 16.8. The van der Waals surface area contributed by atoms with Gasteiger partial charge in [0, 0.05) is 19.4 Å². The molecule has 1 aliphatic rings. The predicted molar refractivity (Wildman–Crippen MR) is 86.7 cm³/mol. The van der Waals surface area contributed by atoms with Gasteiger partial charge in [-0.3, -0.25) is 14.9 Å². The summed E-state index contributed by atoms with van der Waals surface area (Å²) in [6.45, 7) is 4.42. The van der Waals surface area contributed by atoms with Crippen molar-refractivity contribution < 1.29 is 9.59 Å². The van der Waals surface area contributed by atoms with Crippen molar-refractivity contribution >= 4 is 17.8 Å². The van der Waals surface area contributed by atoms with Gasteiger partial charge in [0.05, 0.1) is 0 Å². The number of H-pyrrole nitrogens is 1. The van der Waals surface area contributed by atoms with Crippen molar-refractivity contribution in [3.05, 3.63) is 35.4 Å². The predicted octanol–water partition coefficient (Wildman–Crippen LogP) is 1.14. The first-order valence-corrected chi connectivity index (χ1v) is 7.95. The van der Waals surface area contributed by atoms with E-state index in [0.717, 1.165) is 11.1 Å². The van der Waals surface area contributed by atoms with Gasteiger partial charge in [0.1, 0.15) is 6.04 Å². The molecule has 8 heteroatoms. The smallest absolute Gasteiger partial charge is 0.269 e. The molecule has 126 valence electrons. The number of rotatable bonds is 4. The maximum atomic E-state index is 12.6. The molecule has 0 radical (unpaired) electrons. The number of anilines is 1. The standard InChI is InChI=1S/C16H20N6O2/c1-10(2)7-14(23)22-9-12-6-4-3-5-11(12)8-13(22)15(24)17-16-18-20-21-19-16/h3-6,10,13H,7-9H2,1-2H3,(H2,17,18,19,20,21,24)/t13-/m1/s1. The molecule has 8 nitrogen and oxygen atoms in total. The minimum absolute atomic E-state index is 0.0206. The molecule has 2 heterocycles. The Balaban J connectivity index is 1.84. The van der Waals surface area contributed by atoms with Crippen LogP contribution in [0.15, 0.2) is 24.3 Å². The number of aromatic nitrogens is 4. The van der Waals surface area contributed by atoms with Gasteiger partial charge in [-0.1, -0.05) is 43.2 Å². The average Bonchev–Trinajstić information content (AvgIpc) is 3.05. The van der Waals surface area contributed by atoms with Crippen LogP contribution in [0.25, 0.3) is 0 Å². The van der Waals surface area contributed by atoms with Gasteiger partial charge in [0.2, 0.25) is 11.8 Å². The fourth-order valence-electron chi connectivity index (χ4n) is 2.89. The summed E-state index contributed by atoms with van der Waals surface area (Å²) < 4.78 is 0. The summed E-state index contributed by atoms with van der Waals surface area (Å²) in [4.78, 5) is 26.9. The molecule has 0 aliphatic carbocycles. The van der Waals surface area contributed by atoms with Gasteiger partial charge in [-0.2, -0.15) is 5.21 Å². The van der Waals surface area contributed by atoms with Crippen LogP contribution in [-0.2, 0) is 22.6 Å². The molecule has 1 aliphatic heterocycles. The molecule has 0 saturated heterocycles. The number of amides is 2. The van der Waals surface area contributed by atoms with Crippen molar-refractivity contribution in [1.29, 1.82) is 0 Å². The van der Waals surface area contributed by atoms with E-state index in [2.05, 4.69) is 25.9 Å². The molecule has 0 fully saturated rings. The van der Waals surface area contributed by atoms with Crippen molar-refractivity contribution in [3.8, 4) is 0 Å². The number of tetrazole rings is 1. The maximum absolute atomic E-state index is 12.6. The Labute approximate surface area is 139 Å². The second-order valence-corrected chi connectivity index (χ2v) is 6.33. The van der Waals surface area contributed by atoms with Crippen LogP contribution in [0.3, 0.4) is 0 Å². The fourth-order valence-corrected chi connectivity index (χ4v) is 2.89. The van der Waals surface area contributed by atoms with Crippen LogP contribution in [0.1, 0.15) is 31.4 Å². The Morgan fingerprint density at radius 2 is 2.08 bits per heavy atom. The first kappa shape index (κ1) is 16.1. The zero-order chi connectivity index (χ0) is 17.1. The van der Waals surface area contributed by atoms with E-state index in [4.69, 9.17) is 0 Å². The minimum atomic E-state index is -0.579. The Hall–Kier alpha value is -2.77. The molecule has 1 aromatic heterocycles. The zero-order valence-electron chi connectivity index (χ0n) is 13.7. The summed E-state index contributed by atoms with van der Waals surface area (Å²) in [7, 11) is 0. The summed E-state index contributed by atoms with van der Waals surface area (Å²) in [6, 6.07) is 7.30. The second kappa shape index (κ2) is 6.77. The summed E-state index contributed by atoms with van der Waals surface area (Å²) in [5.41, 5.74) is 2.16. The molecule has 0 saturated carbocycles. The number of carbonyl (C=O) groups is 2. The lowest BCUT2D eigenvalue weighted by atomic mass is 9.92. The minimum Gasteiger partial charge on any atom is -0.326 e. The SMILES string of the molecule is CC(C)CC(=O)N1Cc2ccccc2C[C@@H]1C(=O)Nc1nn[nH]n1. The van der Waals surface area contributed by atoms with Crippen LogP contribution in [0.2, 0.25) is 0 Å². The third-order valence-electron chi connectivity index (χ3n) is 4.03. The van der Waals surface area contributed by atoms with Gasteiger partial charge < -0.3 is 4.90 Å². The first-order chi connectivity index (χ1) is 11.5. The Morgan fingerprint density at radius 1 is 1.33 bits per heavy atom. The van der Waals surface area contributed by atoms with E-state index in [1.807, 2.05) is 38.1 Å². The summed E-state index contributed by atoms with van der Waals surface area (Å²) in [5.74, 6) is 0.0153. The number of nitrogens with one attached hydrogen (secondary N) is 2. The van der Waals surface area contributed by atoms with Crippen LogP contribution in [0, 0.1) is 5.92 Å². The summed E-state index contributed by atoms with van der Waals surface area (Å²) in [5, 5.41) is 15.8. The number of benzene rings is 1. The maximum Gasteiger partial charge on any atom is 0.269 e. The Kier molecular flexibility index (Phi) is 4.54. The van der Waals surface area contributed by atoms with Gasteiger partial charge in [-0.15, -0.1) is 5.10 Å². The van der Waals surface area contributed by atoms with Crippen molar-refractivity contribution in [2.45, 2.75) is 39.3 Å². The Morgan fingerprint density at radius 3 is 2.75 bits per heavy atom. The molecule has 0 spiro atoms. The molecule has 24 heavy (non-hydrogen) atoms. The molecule has 2 amide bonds. The van der Waals surface area contributed by atoms with Gasteiger partial charge in [-0.25, -0.2) is 0 Å². The number of hydrogen-bond acceptors (Lipinski definition) is 5. The van der Waals surface area contributed by atoms with E-state index in [0.29, 0.717) is 19.4 Å². The quantitative estimate of drug-likeness (QED) is 0.876. The molecule has 3 rings (SSSR count). The largest absolute Gasteiger partial charge is 0.326 e. The summed E-state index contributed by atoms with van der Waals surface area (Å²) >= 11 is 0. The van der Waals surface area contributed by atoms with Crippen molar-refractivity contribution in [2.75, 3.05) is 5.32 Å². The van der Waals surface area contributed by atoms with Gasteiger partial charge in [0.25, 0.3) is 5.95 Å². The number of nitrogens with zero attached hydrogens (tertiary/aromatic N) is 4. The highest BCUT2D eigenvalue weighted by Gasteiger charge is 2.34. The molecule has 0 bridgehead atoms. The van der Waals surface area contributed by atoms with Crippen LogP contribution >= 0.6 is 0 Å². The number of carbonyl (C=O) groups excluding carboxylic acids is 2. The lowest BCUT2D eigenvalue weighted by Crippen LogP contribution is -2.51. The molecule has 2 aromatic rings. The van der Waals surface area contributed by atoms with Gasteiger partial charge in [0.15, 0.2) is 0 Å². The molecular formula is C16H20N6O2. The molecule has 2 N–H and O–H groups in total. The summed E-state index contributed by atoms with van der Waals surface area (Å²) in [6.07, 6.45) is 0.887. The lowest BCUT2D eigenvalue weighted by molar-refractivity contribution is -0.140. The topological polar surface area (TPSA) is 104 Å². The highest BCUT2D eigenvalue weighted by molar-refractivity contribution is 5.96. The third-order valence-corrected chi connectivity index (χ3v) is 4.03. The monoisotopic (exact) mass is 328 g/mol.